The first-order valence-corrected chi connectivity index (χ1v) is 8.50. The fourth-order valence-electron chi connectivity index (χ4n) is 3.00. The number of aromatic nitrogens is 3. The molecule has 6 heteroatoms. The quantitative estimate of drug-likeness (QED) is 0.816. The van der Waals surface area contributed by atoms with Gasteiger partial charge in [0.2, 0.25) is 5.91 Å². The van der Waals surface area contributed by atoms with Crippen molar-refractivity contribution in [2.75, 3.05) is 19.7 Å². The first-order chi connectivity index (χ1) is 11.7. The molecule has 24 heavy (non-hydrogen) atoms. The van der Waals surface area contributed by atoms with Crippen molar-refractivity contribution in [1.82, 2.24) is 19.7 Å². The molecule has 1 saturated heterocycles. The second-order valence-electron chi connectivity index (χ2n) is 6.42. The van der Waals surface area contributed by atoms with Crippen molar-refractivity contribution in [3.63, 3.8) is 0 Å². The zero-order chi connectivity index (χ0) is 16.8. The van der Waals surface area contributed by atoms with E-state index in [4.69, 9.17) is 4.74 Å². The summed E-state index contributed by atoms with van der Waals surface area (Å²) in [7, 11) is 0. The van der Waals surface area contributed by atoms with Crippen molar-refractivity contribution in [3.05, 3.63) is 42.5 Å². The Labute approximate surface area is 142 Å². The number of nitrogens with zero attached hydrogens (tertiary/aromatic N) is 4. The van der Waals surface area contributed by atoms with E-state index in [0.717, 1.165) is 31.7 Å². The molecule has 0 spiro atoms. The summed E-state index contributed by atoms with van der Waals surface area (Å²) >= 11 is 0. The molecule has 1 amide bonds. The van der Waals surface area contributed by atoms with Crippen molar-refractivity contribution in [3.8, 4) is 5.75 Å². The molecule has 2 aromatic rings. The van der Waals surface area contributed by atoms with Crippen LogP contribution in [0.3, 0.4) is 0 Å². The summed E-state index contributed by atoms with van der Waals surface area (Å²) in [6.45, 7) is 4.99. The number of piperidine rings is 1. The average Bonchev–Trinajstić information content (AvgIpc) is 3.13. The molecule has 0 bridgehead atoms. The Balaban J connectivity index is 1.45. The Morgan fingerprint density at radius 1 is 1.25 bits per heavy atom. The summed E-state index contributed by atoms with van der Waals surface area (Å²) in [5, 5.41) is 7.51. The summed E-state index contributed by atoms with van der Waals surface area (Å²) in [4.78, 5) is 14.4. The maximum atomic E-state index is 12.4. The first kappa shape index (κ1) is 16.5. The van der Waals surface area contributed by atoms with Crippen LogP contribution in [0.4, 0.5) is 0 Å². The molecule has 0 radical (unpaired) electrons. The summed E-state index contributed by atoms with van der Waals surface area (Å²) < 4.78 is 7.72. The number of amides is 1. The summed E-state index contributed by atoms with van der Waals surface area (Å²) in [6, 6.07) is 8.11. The van der Waals surface area contributed by atoms with Crippen LogP contribution in [0.25, 0.3) is 0 Å². The number of ether oxygens (including phenoxy) is 1. The maximum Gasteiger partial charge on any atom is 0.224 e. The molecule has 0 saturated carbocycles. The van der Waals surface area contributed by atoms with Crippen LogP contribution in [0, 0.1) is 12.8 Å². The van der Waals surface area contributed by atoms with E-state index >= 15 is 0 Å². The monoisotopic (exact) mass is 328 g/mol. The van der Waals surface area contributed by atoms with E-state index in [9.17, 15) is 4.79 Å². The van der Waals surface area contributed by atoms with Gasteiger partial charge in [-0.2, -0.15) is 0 Å². The van der Waals surface area contributed by atoms with E-state index in [1.807, 2.05) is 21.6 Å². The maximum absolute atomic E-state index is 12.4. The standard InChI is InChI=1S/C18H24N4O2/c1-15-4-6-17(7-5-15)24-12-16-3-2-9-22(11-16)18(23)8-10-21-13-19-20-14-21/h4-7,13-14,16H,2-3,8-12H2,1H3/t16-/m1/s1. The van der Waals surface area contributed by atoms with Gasteiger partial charge in [0.1, 0.15) is 18.4 Å². The number of hydrogen-bond donors (Lipinski definition) is 0. The minimum Gasteiger partial charge on any atom is -0.493 e. The molecular weight excluding hydrogens is 304 g/mol. The average molecular weight is 328 g/mol. The van der Waals surface area contributed by atoms with Crippen LogP contribution in [0.1, 0.15) is 24.8 Å². The molecule has 128 valence electrons. The van der Waals surface area contributed by atoms with Gasteiger partial charge in [-0.25, -0.2) is 0 Å². The van der Waals surface area contributed by atoms with Crippen LogP contribution in [0.2, 0.25) is 0 Å². The molecule has 1 atom stereocenters. The molecule has 2 heterocycles. The van der Waals surface area contributed by atoms with Crippen molar-refractivity contribution in [2.24, 2.45) is 5.92 Å². The Kier molecular flexibility index (Phi) is 5.46. The Morgan fingerprint density at radius 2 is 2.00 bits per heavy atom. The summed E-state index contributed by atoms with van der Waals surface area (Å²) in [6.07, 6.45) is 5.92. The predicted molar refractivity (Wildman–Crippen MR) is 90.6 cm³/mol. The fraction of sp³-hybridized carbons (Fsp3) is 0.500. The molecule has 1 aromatic carbocycles. The van der Waals surface area contributed by atoms with E-state index in [0.29, 0.717) is 25.5 Å². The highest BCUT2D eigenvalue weighted by Gasteiger charge is 2.23. The van der Waals surface area contributed by atoms with Gasteiger partial charge in [0.25, 0.3) is 0 Å². The normalized spacial score (nSPS) is 17.7. The van der Waals surface area contributed by atoms with Gasteiger partial charge in [-0.15, -0.1) is 10.2 Å². The highest BCUT2D eigenvalue weighted by molar-refractivity contribution is 5.76. The topological polar surface area (TPSA) is 60.2 Å². The number of carbonyl (C=O) groups is 1. The van der Waals surface area contributed by atoms with Crippen LogP contribution in [0.15, 0.2) is 36.9 Å². The number of rotatable bonds is 6. The molecule has 6 nitrogen and oxygen atoms in total. The van der Waals surface area contributed by atoms with Gasteiger partial charge in [0, 0.05) is 32.0 Å². The fourth-order valence-corrected chi connectivity index (χ4v) is 3.00. The molecule has 1 aliphatic rings. The van der Waals surface area contributed by atoms with E-state index < -0.39 is 0 Å². The minimum atomic E-state index is 0.198. The van der Waals surface area contributed by atoms with E-state index in [-0.39, 0.29) is 5.91 Å². The van der Waals surface area contributed by atoms with Crippen LogP contribution in [-0.4, -0.2) is 45.3 Å². The van der Waals surface area contributed by atoms with Crippen molar-refractivity contribution in [2.45, 2.75) is 32.7 Å². The molecule has 0 aliphatic carbocycles. The zero-order valence-electron chi connectivity index (χ0n) is 14.1. The van der Waals surface area contributed by atoms with Gasteiger partial charge in [0.05, 0.1) is 6.61 Å². The lowest BCUT2D eigenvalue weighted by atomic mass is 9.98. The number of benzene rings is 1. The second kappa shape index (κ2) is 7.95. The summed E-state index contributed by atoms with van der Waals surface area (Å²) in [5.41, 5.74) is 1.23. The smallest absolute Gasteiger partial charge is 0.224 e. The van der Waals surface area contributed by atoms with Gasteiger partial charge < -0.3 is 14.2 Å². The lowest BCUT2D eigenvalue weighted by molar-refractivity contribution is -0.133. The third kappa shape index (κ3) is 4.57. The van der Waals surface area contributed by atoms with Crippen LogP contribution >= 0.6 is 0 Å². The minimum absolute atomic E-state index is 0.198. The third-order valence-corrected chi connectivity index (χ3v) is 4.43. The number of aryl methyl sites for hydroxylation is 2. The largest absolute Gasteiger partial charge is 0.493 e. The summed E-state index contributed by atoms with van der Waals surface area (Å²) in [5.74, 6) is 1.50. The third-order valence-electron chi connectivity index (χ3n) is 4.43. The Hall–Kier alpha value is -2.37. The van der Waals surface area contributed by atoms with Crippen LogP contribution < -0.4 is 4.74 Å². The van der Waals surface area contributed by atoms with E-state index in [1.165, 1.54) is 5.56 Å². The molecule has 1 fully saturated rings. The van der Waals surface area contributed by atoms with Crippen LogP contribution in [-0.2, 0) is 11.3 Å². The van der Waals surface area contributed by atoms with Crippen molar-refractivity contribution in [1.29, 1.82) is 0 Å². The lowest BCUT2D eigenvalue weighted by Gasteiger charge is -2.32. The molecule has 0 N–H and O–H groups in total. The highest BCUT2D eigenvalue weighted by atomic mass is 16.5. The Bertz CT molecular complexity index is 640. The molecule has 3 rings (SSSR count). The molecule has 0 unspecified atom stereocenters. The molecular formula is C18H24N4O2. The SMILES string of the molecule is Cc1ccc(OC[C@@H]2CCCN(C(=O)CCn3cnnc3)C2)cc1. The predicted octanol–water partition coefficient (Wildman–Crippen LogP) is 2.29. The highest BCUT2D eigenvalue weighted by Crippen LogP contribution is 2.20. The molecule has 1 aliphatic heterocycles. The van der Waals surface area contributed by atoms with Crippen molar-refractivity contribution >= 4 is 5.91 Å². The van der Waals surface area contributed by atoms with E-state index in [1.54, 1.807) is 12.7 Å². The number of carbonyl (C=O) groups excluding carboxylic acids is 1. The van der Waals surface area contributed by atoms with Gasteiger partial charge in [-0.3, -0.25) is 4.79 Å². The van der Waals surface area contributed by atoms with Gasteiger partial charge in [0.15, 0.2) is 0 Å². The number of hydrogen-bond acceptors (Lipinski definition) is 4. The zero-order valence-corrected chi connectivity index (χ0v) is 14.1. The molecule has 1 aromatic heterocycles. The van der Waals surface area contributed by atoms with Gasteiger partial charge >= 0.3 is 0 Å². The lowest BCUT2D eigenvalue weighted by Crippen LogP contribution is -2.41. The number of likely N-dealkylation sites (tertiary alicyclic amines) is 1. The second-order valence-corrected chi connectivity index (χ2v) is 6.42. The van der Waals surface area contributed by atoms with Crippen molar-refractivity contribution < 1.29 is 9.53 Å². The first-order valence-electron chi connectivity index (χ1n) is 8.50. The van der Waals surface area contributed by atoms with Crippen LogP contribution in [0.5, 0.6) is 5.75 Å². The Morgan fingerprint density at radius 3 is 2.75 bits per heavy atom. The van der Waals surface area contributed by atoms with Gasteiger partial charge in [-0.1, -0.05) is 17.7 Å². The van der Waals surface area contributed by atoms with E-state index in [2.05, 4.69) is 29.3 Å². The van der Waals surface area contributed by atoms with Gasteiger partial charge in [-0.05, 0) is 31.9 Å².